The Morgan fingerprint density at radius 3 is 2.56 bits per heavy atom. The molecule has 0 spiro atoms. The number of anilines is 3. The molecule has 2 aliphatic heterocycles. The van der Waals surface area contributed by atoms with Gasteiger partial charge in [-0.25, -0.2) is 0 Å². The fourth-order valence-electron chi connectivity index (χ4n) is 4.22. The summed E-state index contributed by atoms with van der Waals surface area (Å²) < 4.78 is 5.49. The molecular formula is C22H27N3O2. The highest BCUT2D eigenvalue weighted by Gasteiger charge is 2.33. The molecule has 2 aromatic carbocycles. The molecule has 4 rings (SSSR count). The zero-order chi connectivity index (χ0) is 18.8. The van der Waals surface area contributed by atoms with Crippen molar-refractivity contribution in [2.24, 2.45) is 0 Å². The van der Waals surface area contributed by atoms with Crippen molar-refractivity contribution in [3.63, 3.8) is 0 Å². The van der Waals surface area contributed by atoms with Crippen LogP contribution in [0.25, 0.3) is 0 Å². The van der Waals surface area contributed by atoms with Crippen molar-refractivity contribution in [3.05, 3.63) is 54.1 Å². The van der Waals surface area contributed by atoms with Gasteiger partial charge in [-0.3, -0.25) is 4.79 Å². The van der Waals surface area contributed by atoms with Crippen molar-refractivity contribution in [2.75, 3.05) is 41.4 Å². The quantitative estimate of drug-likeness (QED) is 0.898. The van der Waals surface area contributed by atoms with Gasteiger partial charge in [-0.1, -0.05) is 18.2 Å². The number of para-hydroxylation sites is 1. The first kappa shape index (κ1) is 17.9. The molecule has 27 heavy (non-hydrogen) atoms. The third-order valence-corrected chi connectivity index (χ3v) is 5.49. The van der Waals surface area contributed by atoms with E-state index in [9.17, 15) is 4.79 Å². The summed E-state index contributed by atoms with van der Waals surface area (Å²) in [7, 11) is 0. The minimum atomic E-state index is 0.0982. The smallest absolute Gasteiger partial charge is 0.224 e. The molecule has 5 heteroatoms. The van der Waals surface area contributed by atoms with Crippen molar-refractivity contribution in [2.45, 2.75) is 32.4 Å². The van der Waals surface area contributed by atoms with Crippen LogP contribution < -0.4 is 15.1 Å². The first-order valence-electron chi connectivity index (χ1n) is 9.71. The lowest BCUT2D eigenvalue weighted by Gasteiger charge is -2.40. The van der Waals surface area contributed by atoms with Crippen molar-refractivity contribution < 1.29 is 9.53 Å². The summed E-state index contributed by atoms with van der Waals surface area (Å²) in [5.41, 5.74) is 4.52. The van der Waals surface area contributed by atoms with Crippen LogP contribution in [0.5, 0.6) is 0 Å². The molecule has 0 aliphatic carbocycles. The van der Waals surface area contributed by atoms with E-state index in [0.717, 1.165) is 44.1 Å². The highest BCUT2D eigenvalue weighted by molar-refractivity contribution is 5.94. The maximum absolute atomic E-state index is 12.3. The summed E-state index contributed by atoms with van der Waals surface area (Å²) in [5, 5.41) is 3.68. The number of benzene rings is 2. The fourth-order valence-corrected chi connectivity index (χ4v) is 4.22. The van der Waals surface area contributed by atoms with Crippen LogP contribution in [0, 0.1) is 0 Å². The van der Waals surface area contributed by atoms with Crippen LogP contribution in [-0.4, -0.2) is 38.3 Å². The number of amides is 1. The number of hydrogen-bond donors (Lipinski definition) is 1. The first-order valence-corrected chi connectivity index (χ1v) is 9.71. The largest absolute Gasteiger partial charge is 0.378 e. The zero-order valence-electron chi connectivity index (χ0n) is 16.0. The van der Waals surface area contributed by atoms with Gasteiger partial charge in [-0.2, -0.15) is 0 Å². The van der Waals surface area contributed by atoms with E-state index in [1.807, 2.05) is 23.1 Å². The van der Waals surface area contributed by atoms with Crippen LogP contribution in [0.2, 0.25) is 0 Å². The van der Waals surface area contributed by atoms with Crippen LogP contribution in [0.1, 0.15) is 31.9 Å². The van der Waals surface area contributed by atoms with E-state index in [1.165, 1.54) is 11.3 Å². The van der Waals surface area contributed by atoms with E-state index >= 15 is 0 Å². The maximum Gasteiger partial charge on any atom is 0.224 e. The monoisotopic (exact) mass is 365 g/mol. The Kier molecular flexibility index (Phi) is 5.03. The predicted molar refractivity (Wildman–Crippen MR) is 110 cm³/mol. The van der Waals surface area contributed by atoms with Crippen LogP contribution in [-0.2, 0) is 9.53 Å². The summed E-state index contributed by atoms with van der Waals surface area (Å²) in [6.07, 6.45) is 0.883. The van der Waals surface area contributed by atoms with Crippen molar-refractivity contribution >= 4 is 23.0 Å². The van der Waals surface area contributed by atoms with Gasteiger partial charge in [0.05, 0.1) is 19.3 Å². The Morgan fingerprint density at radius 1 is 1.11 bits per heavy atom. The standard InChI is InChI=1S/C22H27N3O2/c1-16-14-21(23-18-6-4-3-5-7-18)20-15-19(24-10-12-27-13-11-24)8-9-22(20)25(16)17(2)26/h3-9,15-16,21,23H,10-14H2,1-2H3/t16-,21+/m1/s1. The van der Waals surface area contributed by atoms with E-state index in [-0.39, 0.29) is 18.0 Å². The molecule has 0 aromatic heterocycles. The number of nitrogens with one attached hydrogen (secondary N) is 1. The molecule has 1 saturated heterocycles. The number of carbonyl (C=O) groups excluding carboxylic acids is 1. The van der Waals surface area contributed by atoms with E-state index in [2.05, 4.69) is 47.5 Å². The van der Waals surface area contributed by atoms with Gasteiger partial charge in [0.25, 0.3) is 0 Å². The topological polar surface area (TPSA) is 44.8 Å². The van der Waals surface area contributed by atoms with Gasteiger partial charge < -0.3 is 19.9 Å². The molecule has 0 bridgehead atoms. The summed E-state index contributed by atoms with van der Waals surface area (Å²) in [6, 6.07) is 17.1. The Labute approximate surface area is 160 Å². The maximum atomic E-state index is 12.3. The van der Waals surface area contributed by atoms with Gasteiger partial charge in [0, 0.05) is 48.7 Å². The molecule has 1 amide bonds. The minimum Gasteiger partial charge on any atom is -0.378 e. The van der Waals surface area contributed by atoms with Gasteiger partial charge in [0.2, 0.25) is 5.91 Å². The number of nitrogens with zero attached hydrogens (tertiary/aromatic N) is 2. The normalized spacial score (nSPS) is 22.3. The highest BCUT2D eigenvalue weighted by Crippen LogP contribution is 2.41. The number of hydrogen-bond acceptors (Lipinski definition) is 4. The average Bonchev–Trinajstić information content (AvgIpc) is 2.69. The van der Waals surface area contributed by atoms with E-state index < -0.39 is 0 Å². The number of rotatable bonds is 3. The highest BCUT2D eigenvalue weighted by atomic mass is 16.5. The third-order valence-electron chi connectivity index (χ3n) is 5.49. The summed E-state index contributed by atoms with van der Waals surface area (Å²) in [5.74, 6) is 0.0982. The Balaban J connectivity index is 1.71. The number of morpholine rings is 1. The Hall–Kier alpha value is -2.53. The second-order valence-corrected chi connectivity index (χ2v) is 7.38. The summed E-state index contributed by atoms with van der Waals surface area (Å²) in [4.78, 5) is 16.6. The molecule has 1 fully saturated rings. The fraction of sp³-hybridized carbons (Fsp3) is 0.409. The van der Waals surface area contributed by atoms with Crippen molar-refractivity contribution in [3.8, 4) is 0 Å². The molecule has 5 nitrogen and oxygen atoms in total. The Morgan fingerprint density at radius 2 is 1.85 bits per heavy atom. The number of fused-ring (bicyclic) bond motifs is 1. The van der Waals surface area contributed by atoms with E-state index in [1.54, 1.807) is 6.92 Å². The lowest BCUT2D eigenvalue weighted by molar-refractivity contribution is -0.117. The number of ether oxygens (including phenoxy) is 1. The molecular weight excluding hydrogens is 338 g/mol. The molecule has 2 aliphatic rings. The molecule has 2 atom stereocenters. The van der Waals surface area contributed by atoms with Crippen molar-refractivity contribution in [1.29, 1.82) is 0 Å². The molecule has 0 unspecified atom stereocenters. The van der Waals surface area contributed by atoms with Gasteiger partial charge in [0.1, 0.15) is 0 Å². The second kappa shape index (κ2) is 7.61. The van der Waals surface area contributed by atoms with Crippen LogP contribution in [0.3, 0.4) is 0 Å². The SMILES string of the molecule is CC(=O)N1c2ccc(N3CCOCC3)cc2[C@@H](Nc2ccccc2)C[C@H]1C. The average molecular weight is 365 g/mol. The molecule has 2 heterocycles. The molecule has 142 valence electrons. The van der Waals surface area contributed by atoms with Crippen LogP contribution in [0.4, 0.5) is 17.1 Å². The summed E-state index contributed by atoms with van der Waals surface area (Å²) >= 11 is 0. The van der Waals surface area contributed by atoms with Gasteiger partial charge in [-0.05, 0) is 43.7 Å². The summed E-state index contributed by atoms with van der Waals surface area (Å²) in [6.45, 7) is 7.12. The number of carbonyl (C=O) groups is 1. The first-order chi connectivity index (χ1) is 13.1. The second-order valence-electron chi connectivity index (χ2n) is 7.38. The van der Waals surface area contributed by atoms with Crippen molar-refractivity contribution in [1.82, 2.24) is 0 Å². The van der Waals surface area contributed by atoms with Gasteiger partial charge in [-0.15, -0.1) is 0 Å². The van der Waals surface area contributed by atoms with E-state index in [0.29, 0.717) is 0 Å². The lowest BCUT2D eigenvalue weighted by atomic mass is 9.90. The predicted octanol–water partition coefficient (Wildman–Crippen LogP) is 3.82. The molecule has 0 saturated carbocycles. The zero-order valence-corrected chi connectivity index (χ0v) is 16.0. The van der Waals surface area contributed by atoms with Gasteiger partial charge >= 0.3 is 0 Å². The molecule has 2 aromatic rings. The minimum absolute atomic E-state index is 0.0982. The molecule has 1 N–H and O–H groups in total. The third kappa shape index (κ3) is 3.65. The van der Waals surface area contributed by atoms with Crippen LogP contribution >= 0.6 is 0 Å². The Bertz CT molecular complexity index is 802. The molecule has 0 radical (unpaired) electrons. The lowest BCUT2D eigenvalue weighted by Crippen LogP contribution is -2.43. The van der Waals surface area contributed by atoms with Gasteiger partial charge in [0.15, 0.2) is 0 Å². The van der Waals surface area contributed by atoms with E-state index in [4.69, 9.17) is 4.74 Å². The van der Waals surface area contributed by atoms with Crippen LogP contribution in [0.15, 0.2) is 48.5 Å².